The van der Waals surface area contributed by atoms with Crippen LogP contribution in [0.15, 0.2) is 17.0 Å². The SMILES string of the molecule is O=S(=O)([O-])c1ccc2c(c1F)CC(P(C1CCCCC1)C1CCCCC1)CC2.[Na+]. The van der Waals surface area contributed by atoms with Crippen molar-refractivity contribution in [3.63, 3.8) is 0 Å². The second kappa shape index (κ2) is 10.4. The molecule has 0 saturated heterocycles. The zero-order chi connectivity index (χ0) is 19.7. The predicted molar refractivity (Wildman–Crippen MR) is 111 cm³/mol. The maximum Gasteiger partial charge on any atom is 1.00 e. The first-order chi connectivity index (χ1) is 13.4. The van der Waals surface area contributed by atoms with Crippen molar-refractivity contribution in [2.45, 2.75) is 105 Å². The Morgan fingerprint density at radius 1 is 0.862 bits per heavy atom. The van der Waals surface area contributed by atoms with Gasteiger partial charge in [0, 0.05) is 0 Å². The van der Waals surface area contributed by atoms with E-state index in [0.717, 1.165) is 29.7 Å². The third kappa shape index (κ3) is 5.46. The van der Waals surface area contributed by atoms with E-state index in [-0.39, 0.29) is 37.5 Å². The van der Waals surface area contributed by atoms with E-state index in [0.29, 0.717) is 17.6 Å². The molecule has 0 aromatic heterocycles. The Bertz CT molecular complexity index is 787. The van der Waals surface area contributed by atoms with Crippen molar-refractivity contribution in [2.24, 2.45) is 0 Å². The van der Waals surface area contributed by atoms with Crippen molar-refractivity contribution in [1.82, 2.24) is 0 Å². The number of hydrogen-bond donors (Lipinski definition) is 0. The molecule has 1 unspecified atom stereocenters. The summed E-state index contributed by atoms with van der Waals surface area (Å²) in [5.74, 6) is -0.764. The van der Waals surface area contributed by atoms with Crippen molar-refractivity contribution < 1.29 is 46.9 Å². The first kappa shape index (κ1) is 24.1. The van der Waals surface area contributed by atoms with Crippen LogP contribution in [0.25, 0.3) is 0 Å². The van der Waals surface area contributed by atoms with Crippen molar-refractivity contribution in [1.29, 1.82) is 0 Å². The van der Waals surface area contributed by atoms with Crippen molar-refractivity contribution in [3.8, 4) is 0 Å². The molecule has 0 radical (unpaired) electrons. The summed E-state index contributed by atoms with van der Waals surface area (Å²) in [5, 5.41) is 0. The molecule has 3 nitrogen and oxygen atoms in total. The minimum absolute atomic E-state index is 0. The Morgan fingerprint density at radius 2 is 1.41 bits per heavy atom. The fraction of sp³-hybridized carbons (Fsp3) is 0.727. The van der Waals surface area contributed by atoms with Crippen molar-refractivity contribution >= 4 is 18.0 Å². The molecule has 0 amide bonds. The molecule has 0 aliphatic heterocycles. The average Bonchev–Trinajstić information content (AvgIpc) is 2.69. The summed E-state index contributed by atoms with van der Waals surface area (Å²) in [6.07, 6.45) is 15.8. The molecule has 0 spiro atoms. The molecule has 0 heterocycles. The van der Waals surface area contributed by atoms with Gasteiger partial charge in [-0.05, 0) is 79.1 Å². The number of rotatable bonds is 4. The Morgan fingerprint density at radius 3 is 1.93 bits per heavy atom. The van der Waals surface area contributed by atoms with E-state index in [1.54, 1.807) is 6.07 Å². The van der Waals surface area contributed by atoms with E-state index in [2.05, 4.69) is 0 Å². The molecule has 29 heavy (non-hydrogen) atoms. The zero-order valence-electron chi connectivity index (χ0n) is 17.5. The van der Waals surface area contributed by atoms with Gasteiger partial charge < -0.3 is 4.55 Å². The fourth-order valence-electron chi connectivity index (χ4n) is 5.85. The quantitative estimate of drug-likeness (QED) is 0.404. The Hall–Kier alpha value is 0.490. The van der Waals surface area contributed by atoms with Crippen LogP contribution in [-0.2, 0) is 23.0 Å². The molecule has 2 fully saturated rings. The number of fused-ring (bicyclic) bond motifs is 1. The first-order valence-electron chi connectivity index (χ1n) is 11.0. The van der Waals surface area contributed by atoms with E-state index in [9.17, 15) is 17.4 Å². The van der Waals surface area contributed by atoms with E-state index < -0.39 is 20.8 Å². The van der Waals surface area contributed by atoms with Gasteiger partial charge in [0.15, 0.2) is 0 Å². The van der Waals surface area contributed by atoms with E-state index in [1.165, 1.54) is 70.3 Å². The largest absolute Gasteiger partial charge is 1.00 e. The molecule has 1 aromatic carbocycles. The van der Waals surface area contributed by atoms with Crippen molar-refractivity contribution in [2.75, 3.05) is 0 Å². The maximum absolute atomic E-state index is 15.0. The van der Waals surface area contributed by atoms with Gasteiger partial charge in [0.1, 0.15) is 15.9 Å². The van der Waals surface area contributed by atoms with Crippen LogP contribution in [0, 0.1) is 5.82 Å². The summed E-state index contributed by atoms with van der Waals surface area (Å²) in [5.41, 5.74) is 3.50. The minimum atomic E-state index is -4.77. The molecule has 156 valence electrons. The van der Waals surface area contributed by atoms with Crippen LogP contribution in [0.1, 0.15) is 81.8 Å². The summed E-state index contributed by atoms with van der Waals surface area (Å²) in [7, 11) is -4.95. The van der Waals surface area contributed by atoms with Gasteiger partial charge in [-0.15, -0.1) is 0 Å². The molecule has 2 saturated carbocycles. The minimum Gasteiger partial charge on any atom is -0.744 e. The van der Waals surface area contributed by atoms with E-state index in [4.69, 9.17) is 0 Å². The second-order valence-electron chi connectivity index (χ2n) is 8.90. The van der Waals surface area contributed by atoms with Gasteiger partial charge in [-0.25, -0.2) is 12.8 Å². The summed E-state index contributed by atoms with van der Waals surface area (Å²) in [6, 6.07) is 2.84. The van der Waals surface area contributed by atoms with E-state index >= 15 is 0 Å². The van der Waals surface area contributed by atoms with Crippen LogP contribution in [0.5, 0.6) is 0 Å². The van der Waals surface area contributed by atoms with Gasteiger partial charge in [0.25, 0.3) is 0 Å². The van der Waals surface area contributed by atoms with Gasteiger partial charge in [-0.3, -0.25) is 0 Å². The zero-order valence-corrected chi connectivity index (χ0v) is 21.2. The van der Waals surface area contributed by atoms with Gasteiger partial charge in [-0.1, -0.05) is 52.5 Å². The smallest absolute Gasteiger partial charge is 0.744 e. The topological polar surface area (TPSA) is 57.2 Å². The van der Waals surface area contributed by atoms with Crippen LogP contribution in [-0.4, -0.2) is 29.9 Å². The predicted octanol–water partition coefficient (Wildman–Crippen LogP) is 2.74. The summed E-state index contributed by atoms with van der Waals surface area (Å²) >= 11 is 0. The molecule has 4 rings (SSSR count). The molecule has 0 N–H and O–H groups in total. The van der Waals surface area contributed by atoms with Crippen molar-refractivity contribution in [3.05, 3.63) is 29.1 Å². The van der Waals surface area contributed by atoms with Crippen LogP contribution in [0.3, 0.4) is 0 Å². The summed E-state index contributed by atoms with van der Waals surface area (Å²) < 4.78 is 49.4. The molecule has 3 aliphatic carbocycles. The normalized spacial score (nSPS) is 24.2. The number of hydrogen-bond acceptors (Lipinski definition) is 3. The van der Waals surface area contributed by atoms with Crippen LogP contribution in [0.4, 0.5) is 4.39 Å². The van der Waals surface area contributed by atoms with Gasteiger partial charge in [-0.2, -0.15) is 0 Å². The fourth-order valence-corrected chi connectivity index (χ4v) is 11.0. The first-order valence-corrected chi connectivity index (χ1v) is 13.9. The maximum atomic E-state index is 15.0. The molecule has 7 heteroatoms. The molecule has 3 aliphatic rings. The second-order valence-corrected chi connectivity index (χ2v) is 13.3. The monoisotopic (exact) mass is 448 g/mol. The number of benzene rings is 1. The third-order valence-electron chi connectivity index (χ3n) is 7.18. The molecule has 0 bridgehead atoms. The molecular formula is C22H31FNaO3PS. The number of aryl methyl sites for hydroxylation is 1. The Kier molecular flexibility index (Phi) is 8.66. The standard InChI is InChI=1S/C22H32FO3PS.Na/c23-22-20-15-19(13-11-16(20)12-14-21(22)28(24,25)26)27(17-7-3-1-4-8-17)18-9-5-2-6-10-18;/h12,14,17-19H,1-11,13,15H2,(H,24,25,26);/q;+1/p-1. The van der Waals surface area contributed by atoms with Gasteiger partial charge in [0.2, 0.25) is 0 Å². The van der Waals surface area contributed by atoms with Gasteiger partial charge in [0.05, 0.1) is 4.90 Å². The summed E-state index contributed by atoms with van der Waals surface area (Å²) in [6.45, 7) is 0. The van der Waals surface area contributed by atoms with Gasteiger partial charge >= 0.3 is 29.6 Å². The van der Waals surface area contributed by atoms with Crippen LogP contribution in [0.2, 0.25) is 0 Å². The molecule has 1 atom stereocenters. The Labute approximate surface area is 198 Å². The van der Waals surface area contributed by atoms with Crippen LogP contribution >= 0.6 is 7.92 Å². The Balaban J connectivity index is 0.00000240. The molecular weight excluding hydrogens is 417 g/mol. The van der Waals surface area contributed by atoms with Crippen LogP contribution < -0.4 is 29.6 Å². The third-order valence-corrected chi connectivity index (χ3v) is 12.0. The van der Waals surface area contributed by atoms with E-state index in [1.807, 2.05) is 0 Å². The average molecular weight is 449 g/mol. The molecule has 1 aromatic rings. The number of halogens is 1. The summed E-state index contributed by atoms with van der Waals surface area (Å²) in [4.78, 5) is -0.661.